The largest absolute Gasteiger partial charge is 0.388 e. The molecule has 4 nitrogen and oxygen atoms in total. The lowest BCUT2D eigenvalue weighted by atomic mass is 10.6. The summed E-state index contributed by atoms with van der Waals surface area (Å²) in [7, 11) is 0. The number of hydrazone groups is 1. The molecule has 0 aliphatic rings. The first kappa shape index (κ1) is 8.96. The van der Waals surface area contributed by atoms with Gasteiger partial charge < -0.3 is 10.9 Å². The number of halogens is 2. The molecule has 0 atom stereocenters. The summed E-state index contributed by atoms with van der Waals surface area (Å²) in [6.45, 7) is -1.32. The lowest BCUT2D eigenvalue weighted by molar-refractivity contribution is -0.0405. The molecular formula is C4H7F2N3O. The van der Waals surface area contributed by atoms with E-state index in [9.17, 15) is 8.78 Å². The second kappa shape index (κ2) is 3.89. The third kappa shape index (κ3) is 3.90. The highest BCUT2D eigenvalue weighted by Gasteiger charge is 2.24. The van der Waals surface area contributed by atoms with Crippen molar-refractivity contribution in [1.82, 2.24) is 0 Å². The Morgan fingerprint density at radius 3 is 2.50 bits per heavy atom. The second-order valence-electron chi connectivity index (χ2n) is 1.40. The molecule has 0 aromatic carbocycles. The number of nitrogens with zero attached hydrogens (tertiary/aromatic N) is 2. The molecule has 0 saturated carbocycles. The lowest BCUT2D eigenvalue weighted by Crippen LogP contribution is -2.18. The van der Waals surface area contributed by atoms with Crippen LogP contribution in [0.1, 0.15) is 0 Å². The Bertz CT molecular complexity index is 145. The third-order valence-electron chi connectivity index (χ3n) is 0.606. The highest BCUT2D eigenvalue weighted by molar-refractivity contribution is 6.15. The Hall–Kier alpha value is -1.04. The molecule has 0 saturated heterocycles. The number of hydrogen-bond acceptors (Lipinski definition) is 4. The summed E-state index contributed by atoms with van der Waals surface area (Å²) in [5.41, 5.74) is 0. The van der Waals surface area contributed by atoms with Gasteiger partial charge in [-0.1, -0.05) is 0 Å². The van der Waals surface area contributed by atoms with Crippen LogP contribution < -0.4 is 5.84 Å². The minimum absolute atomic E-state index is 0.718. The van der Waals surface area contributed by atoms with E-state index in [-0.39, 0.29) is 0 Å². The van der Waals surface area contributed by atoms with Gasteiger partial charge in [0.15, 0.2) is 0 Å². The van der Waals surface area contributed by atoms with Crippen molar-refractivity contribution in [3.63, 3.8) is 0 Å². The standard InChI is InChI=1S/C4H7F2N3O/c5-4(6,3-10)8-1-2-9-7/h1-2,10H,3,7H2. The van der Waals surface area contributed by atoms with Gasteiger partial charge in [-0.25, -0.2) is 4.99 Å². The van der Waals surface area contributed by atoms with Crippen molar-refractivity contribution >= 4 is 12.4 Å². The van der Waals surface area contributed by atoms with Crippen LogP contribution in [0.4, 0.5) is 8.78 Å². The number of rotatable bonds is 3. The zero-order chi connectivity index (χ0) is 8.04. The highest BCUT2D eigenvalue weighted by Crippen LogP contribution is 2.11. The summed E-state index contributed by atoms with van der Waals surface area (Å²) < 4.78 is 23.9. The Kier molecular flexibility index (Phi) is 3.48. The topological polar surface area (TPSA) is 71.0 Å². The zero-order valence-corrected chi connectivity index (χ0v) is 5.04. The van der Waals surface area contributed by atoms with Crippen LogP contribution in [0.25, 0.3) is 0 Å². The molecule has 0 rings (SSSR count). The van der Waals surface area contributed by atoms with Gasteiger partial charge in [0.2, 0.25) is 0 Å². The predicted molar refractivity (Wildman–Crippen MR) is 33.2 cm³/mol. The van der Waals surface area contributed by atoms with Gasteiger partial charge in [-0.2, -0.15) is 13.9 Å². The number of aliphatic imine (C=N–C) groups is 1. The summed E-state index contributed by atoms with van der Waals surface area (Å²) in [4.78, 5) is 2.63. The van der Waals surface area contributed by atoms with E-state index in [4.69, 9.17) is 5.11 Å². The molecule has 0 amide bonds. The van der Waals surface area contributed by atoms with Crippen LogP contribution in [0.15, 0.2) is 10.1 Å². The lowest BCUT2D eigenvalue weighted by Gasteiger charge is -2.03. The monoisotopic (exact) mass is 151 g/mol. The number of alkyl halides is 2. The third-order valence-corrected chi connectivity index (χ3v) is 0.606. The van der Waals surface area contributed by atoms with Crippen LogP contribution in [0.5, 0.6) is 0 Å². The van der Waals surface area contributed by atoms with E-state index >= 15 is 0 Å². The zero-order valence-electron chi connectivity index (χ0n) is 5.04. The molecule has 0 aromatic heterocycles. The Balaban J connectivity index is 3.86. The summed E-state index contributed by atoms with van der Waals surface area (Å²) >= 11 is 0. The van der Waals surface area contributed by atoms with E-state index in [1.54, 1.807) is 0 Å². The number of hydrogen-bond donors (Lipinski definition) is 2. The van der Waals surface area contributed by atoms with Crippen LogP contribution in [0.3, 0.4) is 0 Å². The van der Waals surface area contributed by atoms with Gasteiger partial charge in [-0.05, 0) is 0 Å². The predicted octanol–water partition coefficient (Wildman–Crippen LogP) is -0.413. The van der Waals surface area contributed by atoms with Gasteiger partial charge in [-0.3, -0.25) is 0 Å². The normalized spacial score (nSPS) is 13.5. The minimum Gasteiger partial charge on any atom is -0.388 e. The van der Waals surface area contributed by atoms with Crippen molar-refractivity contribution in [2.45, 2.75) is 6.05 Å². The SMILES string of the molecule is NN=CC=NC(F)(F)CO. The van der Waals surface area contributed by atoms with Crippen LogP contribution in [-0.2, 0) is 0 Å². The van der Waals surface area contributed by atoms with Crippen LogP contribution in [-0.4, -0.2) is 30.2 Å². The number of aliphatic hydroxyl groups is 1. The first-order valence-corrected chi connectivity index (χ1v) is 2.38. The van der Waals surface area contributed by atoms with Gasteiger partial charge in [0, 0.05) is 6.21 Å². The van der Waals surface area contributed by atoms with Crippen molar-refractivity contribution < 1.29 is 13.9 Å². The summed E-state index contributed by atoms with van der Waals surface area (Å²) in [5.74, 6) is 4.57. The van der Waals surface area contributed by atoms with Gasteiger partial charge in [0.05, 0.1) is 6.21 Å². The summed E-state index contributed by atoms with van der Waals surface area (Å²) in [5, 5.41) is 10.8. The molecule has 0 aliphatic heterocycles. The maximum absolute atomic E-state index is 11.9. The van der Waals surface area contributed by atoms with Crippen LogP contribution in [0, 0.1) is 0 Å². The molecular weight excluding hydrogens is 144 g/mol. The van der Waals surface area contributed by atoms with Crippen molar-refractivity contribution in [1.29, 1.82) is 0 Å². The molecule has 0 fully saturated rings. The van der Waals surface area contributed by atoms with E-state index in [2.05, 4.69) is 15.9 Å². The van der Waals surface area contributed by atoms with Gasteiger partial charge in [-0.15, -0.1) is 0 Å². The van der Waals surface area contributed by atoms with Gasteiger partial charge in [0.1, 0.15) is 6.61 Å². The fourth-order valence-electron chi connectivity index (χ4n) is 0.222. The maximum Gasteiger partial charge on any atom is 0.365 e. The first-order chi connectivity index (χ1) is 4.62. The maximum atomic E-state index is 11.9. The fraction of sp³-hybridized carbons (Fsp3) is 0.500. The van der Waals surface area contributed by atoms with Gasteiger partial charge >= 0.3 is 6.05 Å². The molecule has 0 spiro atoms. The Morgan fingerprint density at radius 2 is 2.10 bits per heavy atom. The second-order valence-corrected chi connectivity index (χ2v) is 1.40. The van der Waals surface area contributed by atoms with E-state index in [1.807, 2.05) is 0 Å². The summed E-state index contributed by atoms with van der Waals surface area (Å²) in [6, 6.07) is -3.43. The highest BCUT2D eigenvalue weighted by atomic mass is 19.3. The molecule has 0 aromatic rings. The average Bonchev–Trinajstić information content (AvgIpc) is 1.89. The minimum atomic E-state index is -3.43. The molecule has 6 heteroatoms. The van der Waals surface area contributed by atoms with Gasteiger partial charge in [0.25, 0.3) is 0 Å². The van der Waals surface area contributed by atoms with Crippen molar-refractivity contribution in [2.75, 3.05) is 6.61 Å². The molecule has 3 N–H and O–H groups in total. The number of nitrogens with two attached hydrogens (primary N) is 1. The molecule has 0 heterocycles. The smallest absolute Gasteiger partial charge is 0.365 e. The molecule has 0 aliphatic carbocycles. The summed E-state index contributed by atoms with van der Waals surface area (Å²) in [6.07, 6.45) is 1.61. The quantitative estimate of drug-likeness (QED) is 0.249. The van der Waals surface area contributed by atoms with E-state index in [0.29, 0.717) is 0 Å². The van der Waals surface area contributed by atoms with Crippen molar-refractivity contribution in [2.24, 2.45) is 15.9 Å². The Morgan fingerprint density at radius 1 is 1.50 bits per heavy atom. The van der Waals surface area contributed by atoms with Crippen LogP contribution >= 0.6 is 0 Å². The Labute approximate surface area is 56.1 Å². The first-order valence-electron chi connectivity index (χ1n) is 2.38. The average molecular weight is 151 g/mol. The van der Waals surface area contributed by atoms with E-state index in [1.165, 1.54) is 0 Å². The molecule has 0 bridgehead atoms. The number of aliphatic hydroxyl groups excluding tert-OH is 1. The van der Waals surface area contributed by atoms with Crippen molar-refractivity contribution in [3.05, 3.63) is 0 Å². The van der Waals surface area contributed by atoms with Crippen molar-refractivity contribution in [3.8, 4) is 0 Å². The van der Waals surface area contributed by atoms with Crippen LogP contribution in [0.2, 0.25) is 0 Å². The fourth-order valence-corrected chi connectivity index (χ4v) is 0.222. The molecule has 0 radical (unpaired) electrons. The molecule has 10 heavy (non-hydrogen) atoms. The molecule has 58 valence electrons. The molecule has 0 unspecified atom stereocenters. The van der Waals surface area contributed by atoms with E-state index < -0.39 is 12.7 Å². The van der Waals surface area contributed by atoms with E-state index in [0.717, 1.165) is 12.4 Å².